The summed E-state index contributed by atoms with van der Waals surface area (Å²) >= 11 is 0. The molecule has 0 aromatic rings. The van der Waals surface area contributed by atoms with Gasteiger partial charge in [0.25, 0.3) is 0 Å². The number of rotatable bonds is 1. The van der Waals surface area contributed by atoms with E-state index in [2.05, 4.69) is 39.6 Å². The van der Waals surface area contributed by atoms with E-state index in [0.29, 0.717) is 28.4 Å². The summed E-state index contributed by atoms with van der Waals surface area (Å²) in [6.45, 7) is 12.2. The lowest BCUT2D eigenvalue weighted by atomic mass is 9.40. The minimum absolute atomic E-state index is 0.165. The molecule has 0 amide bonds. The molecule has 15 heavy (non-hydrogen) atoms. The first kappa shape index (κ1) is 11.1. The molecule has 3 atom stereocenters. The van der Waals surface area contributed by atoms with Gasteiger partial charge in [0.2, 0.25) is 0 Å². The van der Waals surface area contributed by atoms with Crippen molar-refractivity contribution in [2.45, 2.75) is 40.7 Å². The average Bonchev–Trinajstić information content (AvgIpc) is 2.42. The number of likely N-dealkylation sites (N-methyl/N-ethyl adjacent to an activating group) is 1. The van der Waals surface area contributed by atoms with Crippen LogP contribution in [0, 0.1) is 22.7 Å². The van der Waals surface area contributed by atoms with Gasteiger partial charge in [-0.25, -0.2) is 0 Å². The van der Waals surface area contributed by atoms with Crippen LogP contribution >= 0.6 is 0 Å². The topological polar surface area (TPSA) is 20.3 Å². The van der Waals surface area contributed by atoms with Crippen molar-refractivity contribution in [1.82, 2.24) is 4.90 Å². The van der Waals surface area contributed by atoms with Crippen LogP contribution in [0.5, 0.6) is 0 Å². The lowest BCUT2D eigenvalue weighted by molar-refractivity contribution is -0.157. The molecule has 2 aliphatic rings. The van der Waals surface area contributed by atoms with Crippen molar-refractivity contribution >= 4 is 5.78 Å². The number of ketones is 1. The molecule has 2 nitrogen and oxygen atoms in total. The smallest absolute Gasteiger partial charge is 0.147 e. The van der Waals surface area contributed by atoms with Gasteiger partial charge in [-0.2, -0.15) is 0 Å². The first-order chi connectivity index (χ1) is 6.71. The van der Waals surface area contributed by atoms with Gasteiger partial charge in [0, 0.05) is 6.54 Å². The Labute approximate surface area is 93.0 Å². The number of hydrogen-bond donors (Lipinski definition) is 0. The lowest BCUT2D eigenvalue weighted by Crippen LogP contribution is -2.61. The summed E-state index contributed by atoms with van der Waals surface area (Å²) in [5.41, 5.74) is 0.662. The zero-order valence-electron chi connectivity index (χ0n) is 10.8. The minimum Gasteiger partial charge on any atom is -0.298 e. The maximum atomic E-state index is 11.7. The zero-order chi connectivity index (χ0) is 11.6. The molecule has 2 fully saturated rings. The van der Waals surface area contributed by atoms with Gasteiger partial charge >= 0.3 is 0 Å². The van der Waals surface area contributed by atoms with Gasteiger partial charge in [-0.15, -0.1) is 0 Å². The molecular formula is C13H23NO. The second-order valence-electron chi connectivity index (χ2n) is 6.57. The highest BCUT2D eigenvalue weighted by atomic mass is 16.1. The SMILES string of the molecule is CC(=O)[C@@H]1[C@@H]2[C@H](CN1C)C(C)(C)C2(C)C. The summed E-state index contributed by atoms with van der Waals surface area (Å²) in [5.74, 6) is 1.61. The van der Waals surface area contributed by atoms with Crippen LogP contribution in [0.25, 0.3) is 0 Å². The molecule has 0 radical (unpaired) electrons. The van der Waals surface area contributed by atoms with Crippen LogP contribution in [0.3, 0.4) is 0 Å². The molecule has 1 heterocycles. The molecule has 1 aliphatic heterocycles. The van der Waals surface area contributed by atoms with Crippen LogP contribution in [0.1, 0.15) is 34.6 Å². The lowest BCUT2D eigenvalue weighted by Gasteiger charge is -2.63. The fourth-order valence-corrected chi connectivity index (χ4v) is 3.98. The van der Waals surface area contributed by atoms with Gasteiger partial charge in [0.1, 0.15) is 5.78 Å². The Kier molecular flexibility index (Phi) is 2.11. The minimum atomic E-state index is 0.165. The monoisotopic (exact) mass is 209 g/mol. The molecule has 1 aliphatic carbocycles. The second-order valence-corrected chi connectivity index (χ2v) is 6.57. The summed E-state index contributed by atoms with van der Waals surface area (Å²) < 4.78 is 0. The zero-order valence-corrected chi connectivity index (χ0v) is 10.8. The van der Waals surface area contributed by atoms with E-state index >= 15 is 0 Å². The molecule has 1 saturated carbocycles. The number of fused-ring (bicyclic) bond motifs is 1. The summed E-state index contributed by atoms with van der Waals surface area (Å²) in [7, 11) is 2.09. The van der Waals surface area contributed by atoms with Crippen LogP contribution in [0.15, 0.2) is 0 Å². The largest absolute Gasteiger partial charge is 0.298 e. The van der Waals surface area contributed by atoms with E-state index in [9.17, 15) is 4.79 Å². The molecule has 0 N–H and O–H groups in total. The normalized spacial score (nSPS) is 42.1. The maximum absolute atomic E-state index is 11.7. The molecule has 0 bridgehead atoms. The van der Waals surface area contributed by atoms with E-state index < -0.39 is 0 Å². The van der Waals surface area contributed by atoms with E-state index in [4.69, 9.17) is 0 Å². The Bertz CT molecular complexity index is 306. The highest BCUT2D eigenvalue weighted by Crippen LogP contribution is 2.68. The highest BCUT2D eigenvalue weighted by Gasteiger charge is 2.68. The van der Waals surface area contributed by atoms with Gasteiger partial charge in [-0.1, -0.05) is 27.7 Å². The number of nitrogens with zero attached hydrogens (tertiary/aromatic N) is 1. The molecular weight excluding hydrogens is 186 g/mol. The Morgan fingerprint density at radius 3 is 2.20 bits per heavy atom. The molecule has 0 aromatic carbocycles. The van der Waals surface area contributed by atoms with Crippen LogP contribution in [-0.2, 0) is 4.79 Å². The van der Waals surface area contributed by atoms with E-state index in [-0.39, 0.29) is 6.04 Å². The van der Waals surface area contributed by atoms with Crippen molar-refractivity contribution in [1.29, 1.82) is 0 Å². The van der Waals surface area contributed by atoms with Crippen LogP contribution in [-0.4, -0.2) is 30.3 Å². The third-order valence-electron chi connectivity index (χ3n) is 5.57. The van der Waals surface area contributed by atoms with Crippen molar-refractivity contribution in [3.8, 4) is 0 Å². The predicted octanol–water partition coefficient (Wildman–Crippen LogP) is 2.19. The summed E-state index contributed by atoms with van der Waals surface area (Å²) in [4.78, 5) is 14.0. The number of Topliss-reactive ketones (excluding diaryl/α,β-unsaturated/α-hetero) is 1. The van der Waals surface area contributed by atoms with Crippen molar-refractivity contribution in [2.75, 3.05) is 13.6 Å². The first-order valence-corrected chi connectivity index (χ1v) is 5.92. The second kappa shape index (κ2) is 2.85. The standard InChI is InChI=1S/C13H23NO/c1-8(15)11-10-9(7-14(11)6)12(2,3)13(10,4)5/h9-11H,7H2,1-6H3/t9-,10-,11+/m0/s1. The van der Waals surface area contributed by atoms with Crippen LogP contribution in [0.2, 0.25) is 0 Å². The van der Waals surface area contributed by atoms with Crippen molar-refractivity contribution < 1.29 is 4.79 Å². The van der Waals surface area contributed by atoms with Crippen LogP contribution in [0.4, 0.5) is 0 Å². The third kappa shape index (κ3) is 1.12. The average molecular weight is 209 g/mol. The number of carbonyl (C=O) groups excluding carboxylic acids is 1. The van der Waals surface area contributed by atoms with Gasteiger partial charge < -0.3 is 0 Å². The van der Waals surface area contributed by atoms with Gasteiger partial charge in [-0.3, -0.25) is 9.69 Å². The molecule has 86 valence electrons. The molecule has 0 unspecified atom stereocenters. The number of hydrogen-bond acceptors (Lipinski definition) is 2. The number of carbonyl (C=O) groups is 1. The predicted molar refractivity (Wildman–Crippen MR) is 61.6 cm³/mol. The van der Waals surface area contributed by atoms with Gasteiger partial charge in [-0.05, 0) is 36.6 Å². The highest BCUT2D eigenvalue weighted by molar-refractivity contribution is 5.82. The summed E-state index contributed by atoms with van der Waals surface area (Å²) in [6.07, 6.45) is 0. The van der Waals surface area contributed by atoms with E-state index in [1.807, 2.05) is 0 Å². The summed E-state index contributed by atoms with van der Waals surface area (Å²) in [5, 5.41) is 0. The van der Waals surface area contributed by atoms with Gasteiger partial charge in [0.15, 0.2) is 0 Å². The van der Waals surface area contributed by atoms with E-state index in [1.165, 1.54) is 0 Å². The number of likely N-dealkylation sites (tertiary alicyclic amines) is 1. The molecule has 2 rings (SSSR count). The molecule has 2 heteroatoms. The van der Waals surface area contributed by atoms with Crippen molar-refractivity contribution in [3.05, 3.63) is 0 Å². The molecule has 0 spiro atoms. The third-order valence-corrected chi connectivity index (χ3v) is 5.57. The van der Waals surface area contributed by atoms with Crippen molar-refractivity contribution in [3.63, 3.8) is 0 Å². The molecule has 1 saturated heterocycles. The fraction of sp³-hybridized carbons (Fsp3) is 0.923. The fourth-order valence-electron chi connectivity index (χ4n) is 3.98. The van der Waals surface area contributed by atoms with E-state index in [0.717, 1.165) is 6.54 Å². The Morgan fingerprint density at radius 1 is 1.20 bits per heavy atom. The van der Waals surface area contributed by atoms with Crippen LogP contribution < -0.4 is 0 Å². The maximum Gasteiger partial charge on any atom is 0.147 e. The quantitative estimate of drug-likeness (QED) is 0.660. The molecule has 0 aromatic heterocycles. The summed E-state index contributed by atoms with van der Waals surface area (Å²) in [6, 6.07) is 0.165. The Hall–Kier alpha value is -0.370. The van der Waals surface area contributed by atoms with Gasteiger partial charge in [0.05, 0.1) is 6.04 Å². The Morgan fingerprint density at radius 2 is 1.73 bits per heavy atom. The first-order valence-electron chi connectivity index (χ1n) is 5.92. The van der Waals surface area contributed by atoms with Crippen molar-refractivity contribution in [2.24, 2.45) is 22.7 Å². The van der Waals surface area contributed by atoms with E-state index in [1.54, 1.807) is 6.92 Å². The Balaban J connectivity index is 2.33.